The molecule has 0 saturated carbocycles. The summed E-state index contributed by atoms with van der Waals surface area (Å²) in [5.74, 6) is 1.75. The standard InChI is InChI=1S/C14H15N3O/c1-10-11(6-12(7-15)18-10)8-17-9-16-13-4-2-3-5-14(13)17/h2-6,9H,7-8,15H2,1H3. The van der Waals surface area contributed by atoms with Gasteiger partial charge in [0.15, 0.2) is 0 Å². The second kappa shape index (κ2) is 4.31. The Kier molecular flexibility index (Phi) is 2.64. The normalized spacial score (nSPS) is 11.2. The minimum Gasteiger partial charge on any atom is -0.465 e. The maximum absolute atomic E-state index is 5.58. The van der Waals surface area contributed by atoms with Gasteiger partial charge >= 0.3 is 0 Å². The Labute approximate surface area is 105 Å². The van der Waals surface area contributed by atoms with Crippen LogP contribution in [0.2, 0.25) is 0 Å². The van der Waals surface area contributed by atoms with Crippen molar-refractivity contribution in [2.75, 3.05) is 0 Å². The molecule has 0 spiro atoms. The Morgan fingerprint density at radius 3 is 2.94 bits per heavy atom. The lowest BCUT2D eigenvalue weighted by molar-refractivity contribution is 0.482. The molecule has 0 fully saturated rings. The fourth-order valence-corrected chi connectivity index (χ4v) is 2.16. The number of para-hydroxylation sites is 2. The van der Waals surface area contributed by atoms with E-state index < -0.39 is 0 Å². The predicted molar refractivity (Wildman–Crippen MR) is 70.2 cm³/mol. The molecule has 0 atom stereocenters. The van der Waals surface area contributed by atoms with Crippen LogP contribution < -0.4 is 5.73 Å². The van der Waals surface area contributed by atoms with Gasteiger partial charge in [0.1, 0.15) is 11.5 Å². The van der Waals surface area contributed by atoms with Crippen LogP contribution in [0.15, 0.2) is 41.1 Å². The predicted octanol–water partition coefficient (Wildman–Crippen LogP) is 2.44. The van der Waals surface area contributed by atoms with Crippen LogP contribution in [0.4, 0.5) is 0 Å². The lowest BCUT2D eigenvalue weighted by Crippen LogP contribution is -1.98. The second-order valence-electron chi connectivity index (χ2n) is 4.36. The molecule has 2 aromatic heterocycles. The molecule has 92 valence electrons. The summed E-state index contributed by atoms with van der Waals surface area (Å²) in [5.41, 5.74) is 8.88. The van der Waals surface area contributed by atoms with Crippen molar-refractivity contribution < 1.29 is 4.42 Å². The van der Waals surface area contributed by atoms with E-state index in [4.69, 9.17) is 10.2 Å². The Morgan fingerprint density at radius 1 is 1.33 bits per heavy atom. The average Bonchev–Trinajstić information content (AvgIpc) is 2.95. The fraction of sp³-hybridized carbons (Fsp3) is 0.214. The lowest BCUT2D eigenvalue weighted by atomic mass is 10.2. The van der Waals surface area contributed by atoms with E-state index in [0.717, 1.165) is 34.7 Å². The van der Waals surface area contributed by atoms with Crippen molar-refractivity contribution in [3.05, 3.63) is 53.7 Å². The molecule has 2 N–H and O–H groups in total. The van der Waals surface area contributed by atoms with Crippen molar-refractivity contribution in [1.29, 1.82) is 0 Å². The molecule has 18 heavy (non-hydrogen) atoms. The molecule has 3 rings (SSSR count). The van der Waals surface area contributed by atoms with E-state index in [9.17, 15) is 0 Å². The Hall–Kier alpha value is -2.07. The van der Waals surface area contributed by atoms with Crippen molar-refractivity contribution in [1.82, 2.24) is 9.55 Å². The largest absolute Gasteiger partial charge is 0.465 e. The van der Waals surface area contributed by atoms with Gasteiger partial charge in [0, 0.05) is 5.56 Å². The highest BCUT2D eigenvalue weighted by atomic mass is 16.3. The molecule has 0 saturated heterocycles. The quantitative estimate of drug-likeness (QED) is 0.766. The van der Waals surface area contributed by atoms with E-state index in [0.29, 0.717) is 6.54 Å². The maximum Gasteiger partial charge on any atom is 0.118 e. The van der Waals surface area contributed by atoms with Gasteiger partial charge in [-0.3, -0.25) is 0 Å². The lowest BCUT2D eigenvalue weighted by Gasteiger charge is -2.02. The van der Waals surface area contributed by atoms with Gasteiger partial charge in [-0.15, -0.1) is 0 Å². The first-order valence-corrected chi connectivity index (χ1v) is 5.96. The number of hydrogen-bond donors (Lipinski definition) is 1. The zero-order chi connectivity index (χ0) is 12.5. The topological polar surface area (TPSA) is 57.0 Å². The van der Waals surface area contributed by atoms with Crippen molar-refractivity contribution in [2.24, 2.45) is 5.73 Å². The first kappa shape index (κ1) is 11.0. The van der Waals surface area contributed by atoms with E-state index in [1.807, 2.05) is 37.5 Å². The Balaban J connectivity index is 1.98. The van der Waals surface area contributed by atoms with Crippen LogP contribution in [-0.4, -0.2) is 9.55 Å². The summed E-state index contributed by atoms with van der Waals surface area (Å²) in [4.78, 5) is 4.38. The van der Waals surface area contributed by atoms with Crippen molar-refractivity contribution in [3.8, 4) is 0 Å². The first-order chi connectivity index (χ1) is 8.78. The summed E-state index contributed by atoms with van der Waals surface area (Å²) in [6.07, 6.45) is 1.86. The third-order valence-electron chi connectivity index (χ3n) is 3.14. The van der Waals surface area contributed by atoms with Crippen LogP contribution in [0.25, 0.3) is 11.0 Å². The van der Waals surface area contributed by atoms with Gasteiger partial charge in [-0.05, 0) is 25.1 Å². The van der Waals surface area contributed by atoms with Crippen LogP contribution in [0.3, 0.4) is 0 Å². The summed E-state index contributed by atoms with van der Waals surface area (Å²) in [6, 6.07) is 10.1. The van der Waals surface area contributed by atoms with Gasteiger partial charge in [0.05, 0.1) is 30.5 Å². The van der Waals surface area contributed by atoms with Gasteiger partial charge in [-0.25, -0.2) is 4.98 Å². The van der Waals surface area contributed by atoms with E-state index in [-0.39, 0.29) is 0 Å². The number of nitrogens with two attached hydrogens (primary N) is 1. The van der Waals surface area contributed by atoms with Crippen LogP contribution >= 0.6 is 0 Å². The molecule has 1 aromatic carbocycles. The summed E-state index contributed by atoms with van der Waals surface area (Å²) in [5, 5.41) is 0. The van der Waals surface area contributed by atoms with Gasteiger partial charge < -0.3 is 14.7 Å². The molecule has 4 nitrogen and oxygen atoms in total. The van der Waals surface area contributed by atoms with Crippen LogP contribution in [0.1, 0.15) is 17.1 Å². The third kappa shape index (κ3) is 1.80. The number of hydrogen-bond acceptors (Lipinski definition) is 3. The zero-order valence-corrected chi connectivity index (χ0v) is 10.3. The van der Waals surface area contributed by atoms with Crippen molar-refractivity contribution >= 4 is 11.0 Å². The highest BCUT2D eigenvalue weighted by Gasteiger charge is 2.08. The SMILES string of the molecule is Cc1oc(CN)cc1Cn1cnc2ccccc21. The average molecular weight is 241 g/mol. The number of aryl methyl sites for hydroxylation is 1. The Morgan fingerprint density at radius 2 is 2.17 bits per heavy atom. The molecular weight excluding hydrogens is 226 g/mol. The number of aromatic nitrogens is 2. The van der Waals surface area contributed by atoms with Gasteiger partial charge in [0.2, 0.25) is 0 Å². The van der Waals surface area contributed by atoms with Gasteiger partial charge in [0.25, 0.3) is 0 Å². The number of benzene rings is 1. The first-order valence-electron chi connectivity index (χ1n) is 5.96. The molecule has 3 aromatic rings. The van der Waals surface area contributed by atoms with E-state index >= 15 is 0 Å². The van der Waals surface area contributed by atoms with Crippen molar-refractivity contribution in [2.45, 2.75) is 20.0 Å². The van der Waals surface area contributed by atoms with Gasteiger partial charge in [-0.1, -0.05) is 12.1 Å². The third-order valence-corrected chi connectivity index (χ3v) is 3.14. The fourth-order valence-electron chi connectivity index (χ4n) is 2.16. The molecule has 0 bridgehead atoms. The van der Waals surface area contributed by atoms with E-state index in [1.54, 1.807) is 0 Å². The minimum absolute atomic E-state index is 0.436. The molecule has 4 heteroatoms. The highest BCUT2D eigenvalue weighted by Crippen LogP contribution is 2.18. The van der Waals surface area contributed by atoms with Gasteiger partial charge in [-0.2, -0.15) is 0 Å². The molecule has 2 heterocycles. The molecule has 0 aliphatic heterocycles. The smallest absolute Gasteiger partial charge is 0.118 e. The number of furan rings is 1. The van der Waals surface area contributed by atoms with Crippen LogP contribution in [0.5, 0.6) is 0 Å². The molecule has 0 unspecified atom stereocenters. The highest BCUT2D eigenvalue weighted by molar-refractivity contribution is 5.75. The molecule has 0 amide bonds. The van der Waals surface area contributed by atoms with Crippen molar-refractivity contribution in [3.63, 3.8) is 0 Å². The van der Waals surface area contributed by atoms with Crippen LogP contribution in [0, 0.1) is 6.92 Å². The zero-order valence-electron chi connectivity index (χ0n) is 10.3. The molecule has 0 aliphatic rings. The summed E-state index contributed by atoms with van der Waals surface area (Å²) < 4.78 is 7.68. The number of nitrogens with zero attached hydrogens (tertiary/aromatic N) is 2. The summed E-state index contributed by atoms with van der Waals surface area (Å²) in [6.45, 7) is 3.16. The molecular formula is C14H15N3O. The second-order valence-corrected chi connectivity index (χ2v) is 4.36. The number of fused-ring (bicyclic) bond motifs is 1. The van der Waals surface area contributed by atoms with E-state index in [1.165, 1.54) is 0 Å². The monoisotopic (exact) mass is 241 g/mol. The number of imidazole rings is 1. The minimum atomic E-state index is 0.436. The van der Waals surface area contributed by atoms with E-state index in [2.05, 4.69) is 15.6 Å². The van der Waals surface area contributed by atoms with Crippen LogP contribution in [-0.2, 0) is 13.1 Å². The molecule has 0 radical (unpaired) electrons. The molecule has 0 aliphatic carbocycles. The summed E-state index contributed by atoms with van der Waals surface area (Å²) >= 11 is 0. The Bertz CT molecular complexity index is 681. The number of rotatable bonds is 3. The maximum atomic E-state index is 5.58. The summed E-state index contributed by atoms with van der Waals surface area (Å²) in [7, 11) is 0.